The van der Waals surface area contributed by atoms with Crippen molar-refractivity contribution in [3.05, 3.63) is 70.5 Å². The monoisotopic (exact) mass is 451 g/mol. The lowest BCUT2D eigenvalue weighted by atomic mass is 10.2. The normalized spacial score (nSPS) is 10.5. The SMILES string of the molecule is CCOc1ccc(Nc2ncnc(Nc3ccc(C(=O)OCC(C)C)cc3)c2[N+](=O)[O-])cc1. The fourth-order valence-electron chi connectivity index (χ4n) is 2.82. The van der Waals surface area contributed by atoms with Gasteiger partial charge in [-0.15, -0.1) is 0 Å². The molecule has 10 nitrogen and oxygen atoms in total. The maximum Gasteiger partial charge on any atom is 0.353 e. The van der Waals surface area contributed by atoms with E-state index in [1.807, 2.05) is 20.8 Å². The first kappa shape index (κ1) is 23.5. The molecule has 33 heavy (non-hydrogen) atoms. The molecule has 1 aromatic heterocycles. The molecule has 0 aliphatic rings. The van der Waals surface area contributed by atoms with Crippen molar-refractivity contribution in [3.8, 4) is 5.75 Å². The lowest BCUT2D eigenvalue weighted by Gasteiger charge is -2.11. The maximum atomic E-state index is 12.1. The zero-order valence-corrected chi connectivity index (χ0v) is 18.6. The van der Waals surface area contributed by atoms with Crippen molar-refractivity contribution in [1.82, 2.24) is 9.97 Å². The van der Waals surface area contributed by atoms with Crippen molar-refractivity contribution in [1.29, 1.82) is 0 Å². The summed E-state index contributed by atoms with van der Waals surface area (Å²) >= 11 is 0. The number of hydrogen-bond acceptors (Lipinski definition) is 9. The summed E-state index contributed by atoms with van der Waals surface area (Å²) in [4.78, 5) is 31.4. The molecule has 0 saturated heterocycles. The number of benzene rings is 2. The lowest BCUT2D eigenvalue weighted by molar-refractivity contribution is -0.383. The number of aromatic nitrogens is 2. The summed E-state index contributed by atoms with van der Waals surface area (Å²) in [6.45, 7) is 6.66. The maximum absolute atomic E-state index is 12.1. The van der Waals surface area contributed by atoms with Crippen molar-refractivity contribution in [2.45, 2.75) is 20.8 Å². The van der Waals surface area contributed by atoms with E-state index >= 15 is 0 Å². The first-order valence-corrected chi connectivity index (χ1v) is 10.4. The minimum atomic E-state index is -0.559. The Morgan fingerprint density at radius 1 is 1.00 bits per heavy atom. The first-order valence-electron chi connectivity index (χ1n) is 10.4. The Kier molecular flexibility index (Phi) is 7.74. The van der Waals surface area contributed by atoms with Crippen LogP contribution in [0, 0.1) is 16.0 Å². The van der Waals surface area contributed by atoms with Crippen molar-refractivity contribution >= 4 is 34.7 Å². The van der Waals surface area contributed by atoms with Gasteiger partial charge in [-0.05, 0) is 61.4 Å². The molecule has 0 amide bonds. The molecule has 0 atom stereocenters. The number of carbonyl (C=O) groups is 1. The second-order valence-corrected chi connectivity index (χ2v) is 7.45. The van der Waals surface area contributed by atoms with E-state index < -0.39 is 10.9 Å². The van der Waals surface area contributed by atoms with Crippen molar-refractivity contribution in [3.63, 3.8) is 0 Å². The fourth-order valence-corrected chi connectivity index (χ4v) is 2.82. The number of anilines is 4. The highest BCUT2D eigenvalue weighted by Crippen LogP contribution is 2.33. The summed E-state index contributed by atoms with van der Waals surface area (Å²) in [5, 5.41) is 17.7. The van der Waals surface area contributed by atoms with Gasteiger partial charge in [-0.1, -0.05) is 13.8 Å². The summed E-state index contributed by atoms with van der Waals surface area (Å²) in [6.07, 6.45) is 1.23. The quantitative estimate of drug-likeness (QED) is 0.246. The van der Waals surface area contributed by atoms with Crippen molar-refractivity contribution in [2.75, 3.05) is 23.8 Å². The number of nitrogens with one attached hydrogen (secondary N) is 2. The highest BCUT2D eigenvalue weighted by atomic mass is 16.6. The van der Waals surface area contributed by atoms with Gasteiger partial charge in [-0.25, -0.2) is 14.8 Å². The Morgan fingerprint density at radius 3 is 2.03 bits per heavy atom. The Labute approximate surface area is 191 Å². The molecule has 0 unspecified atom stereocenters. The highest BCUT2D eigenvalue weighted by Gasteiger charge is 2.23. The Bertz CT molecular complexity index is 1100. The number of nitro groups is 1. The lowest BCUT2D eigenvalue weighted by Crippen LogP contribution is -2.10. The van der Waals surface area contributed by atoms with Gasteiger partial charge in [0.1, 0.15) is 12.1 Å². The van der Waals surface area contributed by atoms with Crippen LogP contribution in [0.3, 0.4) is 0 Å². The largest absolute Gasteiger partial charge is 0.494 e. The van der Waals surface area contributed by atoms with E-state index in [0.717, 1.165) is 0 Å². The van der Waals surface area contributed by atoms with Crippen LogP contribution in [-0.2, 0) is 4.74 Å². The minimum absolute atomic E-state index is 0.0126. The smallest absolute Gasteiger partial charge is 0.353 e. The molecule has 2 N–H and O–H groups in total. The van der Waals surface area contributed by atoms with Crippen LogP contribution in [0.1, 0.15) is 31.1 Å². The van der Waals surface area contributed by atoms with Gasteiger partial charge >= 0.3 is 11.7 Å². The standard InChI is InChI=1S/C23H25N5O5/c1-4-32-19-11-9-18(10-12-19)27-22-20(28(30)31)21(24-14-25-22)26-17-7-5-16(6-8-17)23(29)33-13-15(2)3/h5-12,14-15H,4,13H2,1-3H3,(H2,24,25,26,27). The van der Waals surface area contributed by atoms with Gasteiger partial charge in [0, 0.05) is 11.4 Å². The molecular formula is C23H25N5O5. The molecule has 0 radical (unpaired) electrons. The van der Waals surface area contributed by atoms with Gasteiger partial charge in [0.2, 0.25) is 11.6 Å². The van der Waals surface area contributed by atoms with E-state index in [1.54, 1.807) is 48.5 Å². The summed E-state index contributed by atoms with van der Waals surface area (Å²) < 4.78 is 10.6. The summed E-state index contributed by atoms with van der Waals surface area (Å²) in [6, 6.07) is 13.4. The van der Waals surface area contributed by atoms with E-state index in [0.29, 0.717) is 35.9 Å². The third-order valence-electron chi connectivity index (χ3n) is 4.36. The molecule has 0 bridgehead atoms. The second-order valence-electron chi connectivity index (χ2n) is 7.45. The first-order chi connectivity index (χ1) is 15.9. The molecule has 172 valence electrons. The highest BCUT2D eigenvalue weighted by molar-refractivity contribution is 5.90. The van der Waals surface area contributed by atoms with Crippen LogP contribution >= 0.6 is 0 Å². The number of rotatable bonds is 10. The van der Waals surface area contributed by atoms with E-state index in [2.05, 4.69) is 20.6 Å². The Morgan fingerprint density at radius 2 is 1.55 bits per heavy atom. The summed E-state index contributed by atoms with van der Waals surface area (Å²) in [5.41, 5.74) is 1.20. The molecular weight excluding hydrogens is 426 g/mol. The van der Waals surface area contributed by atoms with Crippen molar-refractivity contribution in [2.24, 2.45) is 5.92 Å². The van der Waals surface area contributed by atoms with Crippen LogP contribution in [0.2, 0.25) is 0 Å². The predicted octanol–water partition coefficient (Wildman–Crippen LogP) is 5.08. The third kappa shape index (κ3) is 6.39. The fraction of sp³-hybridized carbons (Fsp3) is 0.261. The Hall–Kier alpha value is -4.21. The van der Waals surface area contributed by atoms with Crippen LogP contribution in [0.4, 0.5) is 28.7 Å². The zero-order valence-electron chi connectivity index (χ0n) is 18.6. The average molecular weight is 451 g/mol. The number of carbonyl (C=O) groups excluding carboxylic acids is 1. The number of hydrogen-bond donors (Lipinski definition) is 2. The minimum Gasteiger partial charge on any atom is -0.494 e. The molecule has 3 rings (SSSR count). The summed E-state index contributed by atoms with van der Waals surface area (Å²) in [5.74, 6) is 0.553. The molecule has 0 aliphatic heterocycles. The Balaban J connectivity index is 1.78. The number of ether oxygens (including phenoxy) is 2. The van der Waals surface area contributed by atoms with Gasteiger partial charge in [-0.2, -0.15) is 0 Å². The van der Waals surface area contributed by atoms with Gasteiger partial charge in [0.25, 0.3) is 0 Å². The van der Waals surface area contributed by atoms with Crippen LogP contribution in [0.5, 0.6) is 5.75 Å². The number of nitrogens with zero attached hydrogens (tertiary/aromatic N) is 3. The molecule has 0 fully saturated rings. The van der Waals surface area contributed by atoms with Gasteiger partial charge in [-0.3, -0.25) is 10.1 Å². The van der Waals surface area contributed by atoms with Crippen LogP contribution in [-0.4, -0.2) is 34.1 Å². The van der Waals surface area contributed by atoms with E-state index in [1.165, 1.54) is 6.33 Å². The van der Waals surface area contributed by atoms with E-state index in [9.17, 15) is 14.9 Å². The molecule has 0 saturated carbocycles. The van der Waals surface area contributed by atoms with Gasteiger partial charge < -0.3 is 20.1 Å². The van der Waals surface area contributed by atoms with Crippen molar-refractivity contribution < 1.29 is 19.2 Å². The second kappa shape index (κ2) is 10.9. The van der Waals surface area contributed by atoms with E-state index in [4.69, 9.17) is 9.47 Å². The van der Waals surface area contributed by atoms with Crippen LogP contribution < -0.4 is 15.4 Å². The molecule has 3 aromatic rings. The zero-order chi connectivity index (χ0) is 23.8. The number of esters is 1. The molecule has 0 spiro atoms. The van der Waals surface area contributed by atoms with Crippen LogP contribution in [0.15, 0.2) is 54.9 Å². The van der Waals surface area contributed by atoms with Crippen LogP contribution in [0.25, 0.3) is 0 Å². The predicted molar refractivity (Wildman–Crippen MR) is 124 cm³/mol. The molecule has 10 heteroatoms. The molecule has 0 aliphatic carbocycles. The topological polar surface area (TPSA) is 129 Å². The molecule has 2 aromatic carbocycles. The van der Waals surface area contributed by atoms with Gasteiger partial charge in [0.15, 0.2) is 0 Å². The third-order valence-corrected chi connectivity index (χ3v) is 4.36. The molecule has 1 heterocycles. The average Bonchev–Trinajstić information content (AvgIpc) is 2.79. The van der Waals surface area contributed by atoms with E-state index in [-0.39, 0.29) is 23.2 Å². The summed E-state index contributed by atoms with van der Waals surface area (Å²) in [7, 11) is 0. The van der Waals surface area contributed by atoms with Gasteiger partial charge in [0.05, 0.1) is 23.7 Å².